The van der Waals surface area contributed by atoms with E-state index in [0.717, 1.165) is 64.5 Å². The maximum absolute atomic E-state index is 13.3. The van der Waals surface area contributed by atoms with E-state index in [4.69, 9.17) is 0 Å². The van der Waals surface area contributed by atoms with E-state index in [9.17, 15) is 14.4 Å². The fourth-order valence-corrected chi connectivity index (χ4v) is 5.88. The summed E-state index contributed by atoms with van der Waals surface area (Å²) in [5.41, 5.74) is 3.21. The van der Waals surface area contributed by atoms with E-state index >= 15 is 0 Å². The Morgan fingerprint density at radius 1 is 1.23 bits per heavy atom. The Labute approximate surface area is 184 Å². The maximum atomic E-state index is 13.3. The van der Waals surface area contributed by atoms with Crippen LogP contribution in [0.5, 0.6) is 0 Å². The third-order valence-corrected chi connectivity index (χ3v) is 7.86. The number of nitrogens with one attached hydrogen (secondary N) is 1. The number of fused-ring (bicyclic) bond motifs is 1. The number of carbonyl (C=O) groups excluding carboxylic acids is 3. The van der Waals surface area contributed by atoms with Crippen molar-refractivity contribution < 1.29 is 14.4 Å². The number of aromatic nitrogens is 1. The van der Waals surface area contributed by atoms with Gasteiger partial charge in [-0.3, -0.25) is 14.5 Å². The second-order valence-electron chi connectivity index (χ2n) is 9.13. The summed E-state index contributed by atoms with van der Waals surface area (Å²) in [6.45, 7) is 2.35. The summed E-state index contributed by atoms with van der Waals surface area (Å²) < 4.78 is 0. The summed E-state index contributed by atoms with van der Waals surface area (Å²) >= 11 is 1.62. The van der Waals surface area contributed by atoms with Crippen molar-refractivity contribution in [2.75, 3.05) is 18.0 Å². The first-order chi connectivity index (χ1) is 15.0. The number of hydrogen-bond donors (Lipinski definition) is 1. The molecule has 6 rings (SSSR count). The lowest BCUT2D eigenvalue weighted by Crippen LogP contribution is -2.51. The van der Waals surface area contributed by atoms with Gasteiger partial charge in [-0.2, -0.15) is 0 Å². The lowest BCUT2D eigenvalue weighted by molar-refractivity contribution is -0.135. The van der Waals surface area contributed by atoms with Gasteiger partial charge in [0.25, 0.3) is 5.91 Å². The fourth-order valence-electron chi connectivity index (χ4n) is 5.26. The predicted octanol–water partition coefficient (Wildman–Crippen LogP) is 3.12. The molecule has 31 heavy (non-hydrogen) atoms. The van der Waals surface area contributed by atoms with E-state index in [1.165, 1.54) is 0 Å². The lowest BCUT2D eigenvalue weighted by Gasteiger charge is -2.27. The summed E-state index contributed by atoms with van der Waals surface area (Å²) in [5.74, 6) is 0.0695. The van der Waals surface area contributed by atoms with Gasteiger partial charge in [0.15, 0.2) is 0 Å². The molecule has 1 aromatic heterocycles. The van der Waals surface area contributed by atoms with E-state index in [2.05, 4.69) is 16.4 Å². The van der Waals surface area contributed by atoms with Gasteiger partial charge in [-0.15, -0.1) is 11.3 Å². The molecule has 7 nitrogen and oxygen atoms in total. The zero-order chi connectivity index (χ0) is 21.3. The number of benzene rings is 1. The molecule has 4 aliphatic rings. The summed E-state index contributed by atoms with van der Waals surface area (Å²) in [5, 5.41) is 6.06. The van der Waals surface area contributed by atoms with Crippen LogP contribution in [0.15, 0.2) is 23.6 Å². The van der Waals surface area contributed by atoms with Crippen molar-refractivity contribution >= 4 is 34.9 Å². The Bertz CT molecular complexity index is 1110. The van der Waals surface area contributed by atoms with E-state index in [1.807, 2.05) is 24.4 Å². The van der Waals surface area contributed by atoms with Crippen LogP contribution in [0.3, 0.4) is 0 Å². The number of carbonyl (C=O) groups is 3. The van der Waals surface area contributed by atoms with Gasteiger partial charge < -0.3 is 10.2 Å². The average Bonchev–Trinajstić information content (AvgIpc) is 3.68. The highest BCUT2D eigenvalue weighted by Crippen LogP contribution is 2.54. The van der Waals surface area contributed by atoms with Gasteiger partial charge in [0.2, 0.25) is 5.91 Å². The van der Waals surface area contributed by atoms with Gasteiger partial charge in [-0.1, -0.05) is 6.07 Å². The van der Waals surface area contributed by atoms with Gasteiger partial charge in [-0.25, -0.2) is 9.78 Å². The van der Waals surface area contributed by atoms with Crippen LogP contribution in [0.1, 0.15) is 36.3 Å². The van der Waals surface area contributed by atoms with Crippen molar-refractivity contribution in [3.05, 3.63) is 34.2 Å². The van der Waals surface area contributed by atoms with E-state index in [1.54, 1.807) is 16.2 Å². The van der Waals surface area contributed by atoms with Crippen LogP contribution in [0.2, 0.25) is 0 Å². The molecule has 2 saturated carbocycles. The first-order valence-corrected chi connectivity index (χ1v) is 11.9. The number of urea groups is 1. The molecule has 1 saturated heterocycles. The van der Waals surface area contributed by atoms with E-state index < -0.39 is 11.6 Å². The first kappa shape index (κ1) is 19.0. The van der Waals surface area contributed by atoms with Crippen LogP contribution in [-0.4, -0.2) is 46.4 Å². The van der Waals surface area contributed by atoms with E-state index in [-0.39, 0.29) is 30.2 Å². The zero-order valence-electron chi connectivity index (χ0n) is 17.4. The molecule has 8 heteroatoms. The highest BCUT2D eigenvalue weighted by molar-refractivity contribution is 7.09. The number of imide groups is 1. The van der Waals surface area contributed by atoms with Crippen LogP contribution >= 0.6 is 11.3 Å². The Morgan fingerprint density at radius 2 is 1.97 bits per heavy atom. The molecule has 0 spiro atoms. The first-order valence-electron chi connectivity index (χ1n) is 11.0. The zero-order valence-corrected chi connectivity index (χ0v) is 18.2. The van der Waals surface area contributed by atoms with Crippen LogP contribution in [0, 0.1) is 18.8 Å². The van der Waals surface area contributed by atoms with E-state index in [0.29, 0.717) is 6.54 Å². The summed E-state index contributed by atoms with van der Waals surface area (Å²) in [4.78, 5) is 46.5. The molecule has 2 aliphatic heterocycles. The summed E-state index contributed by atoms with van der Waals surface area (Å²) in [6, 6.07) is 5.62. The minimum Gasteiger partial charge on any atom is -0.323 e. The second-order valence-corrected chi connectivity index (χ2v) is 10.2. The van der Waals surface area contributed by atoms with Crippen molar-refractivity contribution in [2.24, 2.45) is 11.8 Å². The third kappa shape index (κ3) is 2.91. The minimum atomic E-state index is -0.749. The second kappa shape index (κ2) is 6.63. The SMILES string of the molecule is Cc1nc(-c2ccc3c(c2)CCN3C(=O)CN2C(=O)NC(C3CC3)(C3CC3)C2=O)cs1. The molecule has 4 amide bonds. The van der Waals surface area contributed by atoms with Crippen LogP contribution < -0.4 is 10.2 Å². The van der Waals surface area contributed by atoms with Gasteiger partial charge >= 0.3 is 6.03 Å². The highest BCUT2D eigenvalue weighted by atomic mass is 32.1. The maximum Gasteiger partial charge on any atom is 0.325 e. The van der Waals surface area contributed by atoms with Crippen LogP contribution in [-0.2, 0) is 16.0 Å². The molecule has 0 radical (unpaired) electrons. The Kier molecular flexibility index (Phi) is 4.06. The molecule has 3 heterocycles. The number of aryl methyl sites for hydroxylation is 1. The number of rotatable bonds is 5. The normalized spacial score (nSPS) is 22.1. The molecular weight excluding hydrogens is 412 g/mol. The Morgan fingerprint density at radius 3 is 2.61 bits per heavy atom. The van der Waals surface area contributed by atoms with Crippen molar-refractivity contribution in [3.63, 3.8) is 0 Å². The van der Waals surface area contributed by atoms with Crippen molar-refractivity contribution in [1.82, 2.24) is 15.2 Å². The Balaban J connectivity index is 1.21. The molecule has 2 aromatic rings. The predicted molar refractivity (Wildman–Crippen MR) is 117 cm³/mol. The van der Waals surface area contributed by atoms with Crippen molar-refractivity contribution in [2.45, 2.75) is 44.6 Å². The summed E-state index contributed by atoms with van der Waals surface area (Å²) in [6.07, 6.45) is 4.66. The van der Waals surface area contributed by atoms with Gasteiger partial charge in [-0.05, 0) is 68.6 Å². The largest absolute Gasteiger partial charge is 0.325 e. The third-order valence-electron chi connectivity index (χ3n) is 7.08. The molecular formula is C23H24N4O3S. The number of thiazole rings is 1. The molecule has 0 unspecified atom stereocenters. The quantitative estimate of drug-likeness (QED) is 0.730. The molecule has 1 aromatic carbocycles. The smallest absolute Gasteiger partial charge is 0.323 e. The number of hydrogen-bond acceptors (Lipinski definition) is 5. The fraction of sp³-hybridized carbons (Fsp3) is 0.478. The van der Waals surface area contributed by atoms with Gasteiger partial charge in [0.05, 0.1) is 10.7 Å². The molecule has 1 N–H and O–H groups in total. The van der Waals surface area contributed by atoms with Crippen LogP contribution in [0.25, 0.3) is 11.3 Å². The molecule has 0 atom stereocenters. The summed E-state index contributed by atoms with van der Waals surface area (Å²) in [7, 11) is 0. The van der Waals surface area contributed by atoms with Crippen molar-refractivity contribution in [3.8, 4) is 11.3 Å². The standard InChI is InChI=1S/C23H24N4O3S/c1-13-24-18(12-31-13)14-2-7-19-15(10-14)8-9-26(19)20(28)11-27-21(29)23(16-3-4-16,17-5-6-17)25-22(27)30/h2,7,10,12,16-17H,3-6,8-9,11H2,1H3,(H,25,30). The topological polar surface area (TPSA) is 82.6 Å². The van der Waals surface area contributed by atoms with Crippen molar-refractivity contribution in [1.29, 1.82) is 0 Å². The lowest BCUT2D eigenvalue weighted by atomic mass is 9.87. The molecule has 160 valence electrons. The monoisotopic (exact) mass is 436 g/mol. The average molecular weight is 437 g/mol. The minimum absolute atomic E-state index is 0.190. The van der Waals surface area contributed by atoms with Crippen LogP contribution in [0.4, 0.5) is 10.5 Å². The number of nitrogens with zero attached hydrogens (tertiary/aromatic N) is 3. The number of anilines is 1. The molecule has 2 aliphatic carbocycles. The highest BCUT2D eigenvalue weighted by Gasteiger charge is 2.65. The molecule has 3 fully saturated rings. The van der Waals surface area contributed by atoms with Gasteiger partial charge in [0.1, 0.15) is 12.1 Å². The number of amides is 4. The molecule has 0 bridgehead atoms. The Hall–Kier alpha value is -2.74. The van der Waals surface area contributed by atoms with Gasteiger partial charge in [0, 0.05) is 23.2 Å².